The van der Waals surface area contributed by atoms with E-state index in [0.717, 1.165) is 5.92 Å². The predicted octanol–water partition coefficient (Wildman–Crippen LogP) is 4.11. The summed E-state index contributed by atoms with van der Waals surface area (Å²) in [5, 5.41) is 0. The van der Waals surface area contributed by atoms with Crippen molar-refractivity contribution in [3.63, 3.8) is 0 Å². The van der Waals surface area contributed by atoms with Gasteiger partial charge in [-0.2, -0.15) is 0 Å². The molecule has 0 N–H and O–H groups in total. The third-order valence-corrected chi connectivity index (χ3v) is 8.43. The van der Waals surface area contributed by atoms with Crippen LogP contribution in [-0.2, 0) is 0 Å². The Bertz CT molecular complexity index is 95.3. The predicted molar refractivity (Wildman–Crippen MR) is 62.9 cm³/mol. The van der Waals surface area contributed by atoms with Crippen LogP contribution in [0, 0.1) is 5.92 Å². The first kappa shape index (κ1) is 12.4. The normalized spacial score (nSPS) is 12.5. The van der Waals surface area contributed by atoms with E-state index < -0.39 is 7.26 Å². The standard InChI is InChI=1S/C11H26P/c1-6-12(7-2,8-3)10-9-11(4)5/h11H,6-10H2,1-5H3/q+1. The van der Waals surface area contributed by atoms with Crippen LogP contribution in [0.5, 0.6) is 0 Å². The van der Waals surface area contributed by atoms with Gasteiger partial charge in [0, 0.05) is 7.26 Å². The Morgan fingerprint density at radius 1 is 0.917 bits per heavy atom. The van der Waals surface area contributed by atoms with Crippen LogP contribution in [0.25, 0.3) is 0 Å². The fourth-order valence-electron chi connectivity index (χ4n) is 1.68. The van der Waals surface area contributed by atoms with Crippen molar-refractivity contribution in [3.8, 4) is 0 Å². The van der Waals surface area contributed by atoms with Gasteiger partial charge in [0.2, 0.25) is 0 Å². The second kappa shape index (κ2) is 5.97. The molecule has 0 atom stereocenters. The van der Waals surface area contributed by atoms with E-state index in [1.807, 2.05) is 0 Å². The molecule has 0 fully saturated rings. The zero-order chi connectivity index (χ0) is 9.61. The highest BCUT2D eigenvalue weighted by Crippen LogP contribution is 2.58. The van der Waals surface area contributed by atoms with Crippen LogP contribution in [0.4, 0.5) is 0 Å². The zero-order valence-corrected chi connectivity index (χ0v) is 10.5. The molecule has 0 radical (unpaired) electrons. The molecule has 0 amide bonds. The molecule has 0 aromatic carbocycles. The lowest BCUT2D eigenvalue weighted by molar-refractivity contribution is 0.627. The molecule has 0 aliphatic heterocycles. The van der Waals surface area contributed by atoms with Crippen molar-refractivity contribution in [1.82, 2.24) is 0 Å². The second-order valence-electron chi connectivity index (χ2n) is 4.20. The fourth-order valence-corrected chi connectivity index (χ4v) is 5.03. The van der Waals surface area contributed by atoms with Gasteiger partial charge < -0.3 is 0 Å². The molecule has 12 heavy (non-hydrogen) atoms. The maximum atomic E-state index is 2.39. The van der Waals surface area contributed by atoms with Gasteiger partial charge in [0.05, 0.1) is 24.6 Å². The molecule has 0 bridgehead atoms. The van der Waals surface area contributed by atoms with Crippen LogP contribution in [0.15, 0.2) is 0 Å². The fraction of sp³-hybridized carbons (Fsp3) is 1.00. The maximum absolute atomic E-state index is 2.39. The number of rotatable bonds is 6. The highest BCUT2D eigenvalue weighted by molar-refractivity contribution is 7.75. The minimum atomic E-state index is -0.493. The number of hydrogen-bond donors (Lipinski definition) is 0. The molecule has 0 saturated heterocycles. The van der Waals surface area contributed by atoms with Crippen LogP contribution >= 0.6 is 7.26 Å². The van der Waals surface area contributed by atoms with Crippen molar-refractivity contribution in [1.29, 1.82) is 0 Å². The summed E-state index contributed by atoms with van der Waals surface area (Å²) in [4.78, 5) is 0. The van der Waals surface area contributed by atoms with E-state index in [9.17, 15) is 0 Å². The molecule has 0 aliphatic carbocycles. The van der Waals surface area contributed by atoms with Crippen molar-refractivity contribution in [3.05, 3.63) is 0 Å². The van der Waals surface area contributed by atoms with Crippen molar-refractivity contribution in [2.75, 3.05) is 24.6 Å². The van der Waals surface area contributed by atoms with E-state index >= 15 is 0 Å². The highest BCUT2D eigenvalue weighted by atomic mass is 31.2. The Morgan fingerprint density at radius 3 is 1.58 bits per heavy atom. The van der Waals surface area contributed by atoms with E-state index in [1.54, 1.807) is 0 Å². The average molecular weight is 189 g/mol. The van der Waals surface area contributed by atoms with Crippen LogP contribution in [0.3, 0.4) is 0 Å². The summed E-state index contributed by atoms with van der Waals surface area (Å²) in [6.07, 6.45) is 7.38. The van der Waals surface area contributed by atoms with Crippen molar-refractivity contribution < 1.29 is 0 Å². The summed E-state index contributed by atoms with van der Waals surface area (Å²) in [6, 6.07) is 0. The van der Waals surface area contributed by atoms with Gasteiger partial charge in [-0.3, -0.25) is 0 Å². The molecule has 0 heterocycles. The van der Waals surface area contributed by atoms with Gasteiger partial charge in [0.25, 0.3) is 0 Å². The molecular weight excluding hydrogens is 163 g/mol. The summed E-state index contributed by atoms with van der Waals surface area (Å²) in [7, 11) is -0.493. The molecule has 74 valence electrons. The quantitative estimate of drug-likeness (QED) is 0.552. The first-order valence-electron chi connectivity index (χ1n) is 5.45. The molecule has 0 aromatic heterocycles. The molecule has 0 nitrogen and oxygen atoms in total. The minimum Gasteiger partial charge on any atom is -0.0626 e. The van der Waals surface area contributed by atoms with Gasteiger partial charge in [-0.25, -0.2) is 0 Å². The minimum absolute atomic E-state index is 0.493. The van der Waals surface area contributed by atoms with E-state index in [-0.39, 0.29) is 0 Å². The van der Waals surface area contributed by atoms with Crippen molar-refractivity contribution in [2.45, 2.75) is 41.0 Å². The molecular formula is C11H26P+. The third kappa shape index (κ3) is 3.90. The van der Waals surface area contributed by atoms with Gasteiger partial charge in [-0.1, -0.05) is 13.8 Å². The Hall–Kier alpha value is 0.430. The van der Waals surface area contributed by atoms with Gasteiger partial charge in [0.1, 0.15) is 0 Å². The largest absolute Gasteiger partial charge is 0.0626 e. The molecule has 1 heteroatoms. The third-order valence-electron chi connectivity index (χ3n) is 3.19. The Kier molecular flexibility index (Phi) is 6.19. The van der Waals surface area contributed by atoms with Crippen LogP contribution in [-0.4, -0.2) is 24.6 Å². The monoisotopic (exact) mass is 189 g/mol. The van der Waals surface area contributed by atoms with Crippen LogP contribution in [0.1, 0.15) is 41.0 Å². The van der Waals surface area contributed by atoms with E-state index in [0.29, 0.717) is 0 Å². The van der Waals surface area contributed by atoms with Gasteiger partial charge in [-0.05, 0) is 33.1 Å². The SMILES string of the molecule is CC[P+](CC)(CC)CCC(C)C. The summed E-state index contributed by atoms with van der Waals surface area (Å²) in [5.74, 6) is 0.897. The van der Waals surface area contributed by atoms with Crippen LogP contribution in [0.2, 0.25) is 0 Å². The van der Waals surface area contributed by atoms with E-state index in [1.165, 1.54) is 31.1 Å². The molecule has 0 rings (SSSR count). The summed E-state index contributed by atoms with van der Waals surface area (Å²) in [5.41, 5.74) is 0. The first-order chi connectivity index (χ1) is 5.60. The summed E-state index contributed by atoms with van der Waals surface area (Å²) in [6.45, 7) is 11.9. The lowest BCUT2D eigenvalue weighted by Gasteiger charge is -2.24. The summed E-state index contributed by atoms with van der Waals surface area (Å²) >= 11 is 0. The number of hydrogen-bond acceptors (Lipinski definition) is 0. The second-order valence-corrected chi connectivity index (χ2v) is 9.22. The average Bonchev–Trinajstić information content (AvgIpc) is 2.08. The maximum Gasteiger partial charge on any atom is 0.0596 e. The molecule has 0 aliphatic rings. The molecule has 0 unspecified atom stereocenters. The first-order valence-corrected chi connectivity index (χ1v) is 7.98. The zero-order valence-electron chi connectivity index (χ0n) is 9.56. The Balaban J connectivity index is 3.93. The highest BCUT2D eigenvalue weighted by Gasteiger charge is 2.30. The van der Waals surface area contributed by atoms with Gasteiger partial charge >= 0.3 is 0 Å². The van der Waals surface area contributed by atoms with E-state index in [4.69, 9.17) is 0 Å². The smallest absolute Gasteiger partial charge is 0.0596 e. The lowest BCUT2D eigenvalue weighted by atomic mass is 10.2. The lowest BCUT2D eigenvalue weighted by Crippen LogP contribution is -2.09. The van der Waals surface area contributed by atoms with Crippen molar-refractivity contribution in [2.24, 2.45) is 5.92 Å². The van der Waals surface area contributed by atoms with Crippen molar-refractivity contribution >= 4 is 7.26 Å². The Labute approximate surface area is 79.5 Å². The van der Waals surface area contributed by atoms with Gasteiger partial charge in [0.15, 0.2) is 0 Å². The van der Waals surface area contributed by atoms with Gasteiger partial charge in [-0.15, -0.1) is 0 Å². The molecule has 0 spiro atoms. The molecule has 0 saturated carbocycles. The van der Waals surface area contributed by atoms with Crippen LogP contribution < -0.4 is 0 Å². The summed E-state index contributed by atoms with van der Waals surface area (Å²) < 4.78 is 0. The Morgan fingerprint density at radius 2 is 1.33 bits per heavy atom. The topological polar surface area (TPSA) is 0 Å². The molecule has 0 aromatic rings. The van der Waals surface area contributed by atoms with E-state index in [2.05, 4.69) is 34.6 Å².